The third-order valence-corrected chi connectivity index (χ3v) is 5.38. The smallest absolute Gasteiger partial charge is 0.261 e. The Bertz CT molecular complexity index is 908. The summed E-state index contributed by atoms with van der Waals surface area (Å²) in [6.07, 6.45) is 0.410. The Labute approximate surface area is 198 Å². The molecule has 0 aromatic heterocycles. The van der Waals surface area contributed by atoms with Gasteiger partial charge < -0.3 is 15.0 Å². The van der Waals surface area contributed by atoms with Gasteiger partial charge in [0.05, 0.1) is 0 Å². The number of ether oxygens (including phenoxy) is 1. The Kier molecular flexibility index (Phi) is 9.04. The molecule has 2 rings (SSSR count). The molecule has 2 amide bonds. The summed E-state index contributed by atoms with van der Waals surface area (Å²) in [5.74, 6) is -0.162. The van der Waals surface area contributed by atoms with Crippen molar-refractivity contribution >= 4 is 46.6 Å². The first-order valence-corrected chi connectivity index (χ1v) is 11.1. The molecule has 1 unspecified atom stereocenters. The van der Waals surface area contributed by atoms with E-state index in [1.165, 1.54) is 4.90 Å². The summed E-state index contributed by atoms with van der Waals surface area (Å²) >= 11 is 18.7. The van der Waals surface area contributed by atoms with E-state index < -0.39 is 11.6 Å². The monoisotopic (exact) mass is 484 g/mol. The first-order chi connectivity index (χ1) is 14.5. The molecule has 168 valence electrons. The number of rotatable bonds is 8. The fraction of sp³-hybridized carbons (Fsp3) is 0.391. The van der Waals surface area contributed by atoms with Crippen molar-refractivity contribution in [2.45, 2.75) is 52.2 Å². The Morgan fingerprint density at radius 3 is 2.23 bits per heavy atom. The van der Waals surface area contributed by atoms with Crippen LogP contribution in [0, 0.1) is 0 Å². The van der Waals surface area contributed by atoms with Gasteiger partial charge in [-0.05, 0) is 57.5 Å². The first kappa shape index (κ1) is 25.3. The summed E-state index contributed by atoms with van der Waals surface area (Å²) in [7, 11) is 0. The van der Waals surface area contributed by atoms with Crippen LogP contribution >= 0.6 is 34.8 Å². The topological polar surface area (TPSA) is 58.6 Å². The molecule has 0 saturated heterocycles. The molecule has 2 aromatic carbocycles. The molecule has 0 aliphatic carbocycles. The first-order valence-electron chi connectivity index (χ1n) is 9.94. The maximum Gasteiger partial charge on any atom is 0.261 e. The minimum absolute atomic E-state index is 0.0757. The summed E-state index contributed by atoms with van der Waals surface area (Å²) in [6.45, 7) is 7.32. The average molecular weight is 486 g/mol. The molecule has 8 heteroatoms. The molecule has 0 spiro atoms. The van der Waals surface area contributed by atoms with Crippen LogP contribution in [0.5, 0.6) is 5.75 Å². The number of benzene rings is 2. The van der Waals surface area contributed by atoms with Gasteiger partial charge in [0.15, 0.2) is 6.61 Å². The van der Waals surface area contributed by atoms with Crippen molar-refractivity contribution in [1.29, 1.82) is 0 Å². The van der Waals surface area contributed by atoms with Crippen molar-refractivity contribution in [2.24, 2.45) is 0 Å². The summed E-state index contributed by atoms with van der Waals surface area (Å²) in [4.78, 5) is 27.6. The van der Waals surface area contributed by atoms with E-state index in [9.17, 15) is 9.59 Å². The van der Waals surface area contributed by atoms with Gasteiger partial charge in [-0.15, -0.1) is 0 Å². The lowest BCUT2D eigenvalue weighted by molar-refractivity contribution is -0.143. The Balaban J connectivity index is 2.31. The molecule has 1 atom stereocenters. The van der Waals surface area contributed by atoms with Gasteiger partial charge in [0.2, 0.25) is 5.91 Å². The van der Waals surface area contributed by atoms with Gasteiger partial charge in [0.1, 0.15) is 11.8 Å². The molecule has 31 heavy (non-hydrogen) atoms. The standard InChI is InChI=1S/C23H27Cl3N2O3/c1-5-20(22(30)27-23(2,3)4)28(13-17-18(25)10-7-11-19(17)26)21(29)14-31-16-9-6-8-15(24)12-16/h6-12,20H,5,13-14H2,1-4H3,(H,27,30). The highest BCUT2D eigenvalue weighted by Gasteiger charge is 2.31. The second-order valence-corrected chi connectivity index (χ2v) is 9.38. The van der Waals surface area contributed by atoms with E-state index in [4.69, 9.17) is 39.5 Å². The molecule has 0 aliphatic heterocycles. The van der Waals surface area contributed by atoms with E-state index in [1.54, 1.807) is 42.5 Å². The van der Waals surface area contributed by atoms with Crippen molar-refractivity contribution in [1.82, 2.24) is 10.2 Å². The molecule has 0 heterocycles. The van der Waals surface area contributed by atoms with Crippen LogP contribution in [0.4, 0.5) is 0 Å². The van der Waals surface area contributed by atoms with E-state index in [0.29, 0.717) is 32.8 Å². The zero-order chi connectivity index (χ0) is 23.2. The number of carbonyl (C=O) groups excluding carboxylic acids is 2. The third kappa shape index (κ3) is 7.60. The number of nitrogens with one attached hydrogen (secondary N) is 1. The second-order valence-electron chi connectivity index (χ2n) is 8.13. The predicted octanol–water partition coefficient (Wildman–Crippen LogP) is 5.75. The maximum atomic E-state index is 13.2. The summed E-state index contributed by atoms with van der Waals surface area (Å²) in [5.41, 5.74) is 0.127. The molecule has 0 saturated carbocycles. The minimum Gasteiger partial charge on any atom is -0.484 e. The molecule has 5 nitrogen and oxygen atoms in total. The van der Waals surface area contributed by atoms with Gasteiger partial charge in [-0.25, -0.2) is 0 Å². The van der Waals surface area contributed by atoms with Gasteiger partial charge in [-0.2, -0.15) is 0 Å². The summed E-state index contributed by atoms with van der Waals surface area (Å²) in [6, 6.07) is 11.2. The zero-order valence-corrected chi connectivity index (χ0v) is 20.3. The van der Waals surface area contributed by atoms with Crippen LogP contribution in [-0.4, -0.2) is 34.9 Å². The van der Waals surface area contributed by atoms with E-state index in [2.05, 4.69) is 5.32 Å². The van der Waals surface area contributed by atoms with Crippen LogP contribution in [0.1, 0.15) is 39.7 Å². The van der Waals surface area contributed by atoms with Crippen molar-refractivity contribution in [3.8, 4) is 5.75 Å². The average Bonchev–Trinajstić information content (AvgIpc) is 2.67. The van der Waals surface area contributed by atoms with E-state index in [-0.39, 0.29) is 25.0 Å². The molecule has 0 aliphatic rings. The van der Waals surface area contributed by atoms with Crippen LogP contribution in [0.25, 0.3) is 0 Å². The minimum atomic E-state index is -0.720. The van der Waals surface area contributed by atoms with Gasteiger partial charge in [-0.3, -0.25) is 9.59 Å². The Hall–Kier alpha value is -1.95. The molecule has 0 bridgehead atoms. The fourth-order valence-electron chi connectivity index (χ4n) is 3.01. The van der Waals surface area contributed by atoms with Gasteiger partial charge in [0.25, 0.3) is 5.91 Å². The quantitative estimate of drug-likeness (QED) is 0.518. The Morgan fingerprint density at radius 2 is 1.68 bits per heavy atom. The van der Waals surface area contributed by atoms with Crippen LogP contribution in [-0.2, 0) is 16.1 Å². The van der Waals surface area contributed by atoms with Gasteiger partial charge in [-0.1, -0.05) is 53.9 Å². The summed E-state index contributed by atoms with van der Waals surface area (Å²) < 4.78 is 5.63. The molecular weight excluding hydrogens is 459 g/mol. The maximum absolute atomic E-state index is 13.2. The highest BCUT2D eigenvalue weighted by atomic mass is 35.5. The zero-order valence-electron chi connectivity index (χ0n) is 18.0. The second kappa shape index (κ2) is 11.1. The van der Waals surface area contributed by atoms with E-state index in [1.807, 2.05) is 27.7 Å². The lowest BCUT2D eigenvalue weighted by Crippen LogP contribution is -2.54. The number of nitrogens with zero attached hydrogens (tertiary/aromatic N) is 1. The van der Waals surface area contributed by atoms with E-state index >= 15 is 0 Å². The van der Waals surface area contributed by atoms with Crippen LogP contribution in [0.2, 0.25) is 15.1 Å². The normalized spacial score (nSPS) is 12.2. The number of hydrogen-bond acceptors (Lipinski definition) is 3. The van der Waals surface area contributed by atoms with Gasteiger partial charge in [0, 0.05) is 32.7 Å². The van der Waals surface area contributed by atoms with Crippen molar-refractivity contribution in [2.75, 3.05) is 6.61 Å². The molecule has 0 fully saturated rings. The highest BCUT2D eigenvalue weighted by molar-refractivity contribution is 6.36. The van der Waals surface area contributed by atoms with Crippen LogP contribution < -0.4 is 10.1 Å². The lowest BCUT2D eigenvalue weighted by atomic mass is 10.1. The number of amides is 2. The number of hydrogen-bond donors (Lipinski definition) is 1. The lowest BCUT2D eigenvalue weighted by Gasteiger charge is -2.33. The van der Waals surface area contributed by atoms with Crippen molar-refractivity contribution < 1.29 is 14.3 Å². The largest absolute Gasteiger partial charge is 0.484 e. The summed E-state index contributed by atoms with van der Waals surface area (Å²) in [5, 5.41) is 4.29. The van der Waals surface area contributed by atoms with E-state index in [0.717, 1.165) is 0 Å². The third-order valence-electron chi connectivity index (χ3n) is 4.43. The van der Waals surface area contributed by atoms with Crippen LogP contribution in [0.3, 0.4) is 0 Å². The molecule has 2 aromatic rings. The number of halogens is 3. The Morgan fingerprint density at radius 1 is 1.06 bits per heavy atom. The highest BCUT2D eigenvalue weighted by Crippen LogP contribution is 2.27. The van der Waals surface area contributed by atoms with Crippen LogP contribution in [0.15, 0.2) is 42.5 Å². The predicted molar refractivity (Wildman–Crippen MR) is 126 cm³/mol. The van der Waals surface area contributed by atoms with Crippen molar-refractivity contribution in [3.05, 3.63) is 63.1 Å². The van der Waals surface area contributed by atoms with Gasteiger partial charge >= 0.3 is 0 Å². The molecule has 0 radical (unpaired) electrons. The SMILES string of the molecule is CCC(C(=O)NC(C)(C)C)N(Cc1c(Cl)cccc1Cl)C(=O)COc1cccc(Cl)c1. The van der Waals surface area contributed by atoms with Crippen molar-refractivity contribution in [3.63, 3.8) is 0 Å². The molecule has 1 N–H and O–H groups in total. The molecular formula is C23H27Cl3N2O3. The fourth-order valence-corrected chi connectivity index (χ4v) is 3.71. The number of carbonyl (C=O) groups is 2.